The van der Waals surface area contributed by atoms with E-state index >= 15 is 0 Å². The van der Waals surface area contributed by atoms with Crippen LogP contribution in [0.1, 0.15) is 17.9 Å². The fourth-order valence-corrected chi connectivity index (χ4v) is 1.23. The molecule has 1 N–H and O–H groups in total. The van der Waals surface area contributed by atoms with Gasteiger partial charge in [0.1, 0.15) is 0 Å². The molecule has 0 saturated heterocycles. The summed E-state index contributed by atoms with van der Waals surface area (Å²) in [6, 6.07) is 9.20. The molecule has 1 unspecified atom stereocenters. The van der Waals surface area contributed by atoms with Crippen LogP contribution >= 0.6 is 0 Å². The van der Waals surface area contributed by atoms with Crippen molar-refractivity contribution in [2.45, 2.75) is 12.3 Å². The van der Waals surface area contributed by atoms with Gasteiger partial charge in [0.15, 0.2) is 0 Å². The van der Waals surface area contributed by atoms with Crippen LogP contribution in [-0.4, -0.2) is 11.1 Å². The Balaban J connectivity index is 0.00000169. The van der Waals surface area contributed by atoms with Gasteiger partial charge in [-0.15, -0.1) is 6.58 Å². The van der Waals surface area contributed by atoms with Gasteiger partial charge in [0, 0.05) is 22.4 Å². The van der Waals surface area contributed by atoms with Crippen LogP contribution in [0.5, 0.6) is 0 Å². The van der Waals surface area contributed by atoms with Crippen molar-refractivity contribution in [3.05, 3.63) is 48.6 Å². The van der Waals surface area contributed by atoms with Gasteiger partial charge >= 0.3 is 5.97 Å². The number of carbonyl (C=O) groups is 1. The summed E-state index contributed by atoms with van der Waals surface area (Å²) in [6.45, 7) is 3.55. The predicted octanol–water partition coefficient (Wildman–Crippen LogP) is 2.43. The Morgan fingerprint density at radius 3 is 2.43 bits per heavy atom. The zero-order valence-electron chi connectivity index (χ0n) is 7.61. The van der Waals surface area contributed by atoms with E-state index in [1.165, 1.54) is 0 Å². The Labute approximate surface area is 99.2 Å². The van der Waals surface area contributed by atoms with Crippen LogP contribution in [0.4, 0.5) is 0 Å². The fourth-order valence-electron chi connectivity index (χ4n) is 1.23. The number of carboxylic acid groups (broad SMARTS) is 1. The Hall–Kier alpha value is -0.830. The van der Waals surface area contributed by atoms with E-state index in [1.807, 2.05) is 30.3 Å². The van der Waals surface area contributed by atoms with Crippen molar-refractivity contribution < 1.29 is 32.3 Å². The third kappa shape index (κ3) is 3.50. The van der Waals surface area contributed by atoms with Crippen LogP contribution < -0.4 is 0 Å². The van der Waals surface area contributed by atoms with Crippen molar-refractivity contribution in [2.24, 2.45) is 0 Å². The van der Waals surface area contributed by atoms with Gasteiger partial charge in [0.25, 0.3) is 0 Å². The van der Waals surface area contributed by atoms with Gasteiger partial charge in [-0.25, -0.2) is 0 Å². The van der Waals surface area contributed by atoms with Crippen molar-refractivity contribution in [2.75, 3.05) is 0 Å². The van der Waals surface area contributed by atoms with Gasteiger partial charge in [-0.2, -0.15) is 0 Å². The number of rotatable bonds is 4. The minimum atomic E-state index is -0.800. The molecule has 1 rings (SSSR count). The molecule has 1 aromatic rings. The average Bonchev–Trinajstić information content (AvgIpc) is 2.15. The maximum atomic E-state index is 10.8. The molecule has 2 nitrogen and oxygen atoms in total. The number of aliphatic carboxylic acids is 1. The predicted molar refractivity (Wildman–Crippen MR) is 51.6 cm³/mol. The summed E-state index contributed by atoms with van der Waals surface area (Å²) in [6.07, 6.45) is 2.10. The van der Waals surface area contributed by atoms with Crippen LogP contribution in [0.2, 0.25) is 0 Å². The summed E-state index contributed by atoms with van der Waals surface area (Å²) in [5, 5.41) is 8.91. The van der Waals surface area contributed by atoms with Crippen molar-refractivity contribution in [1.29, 1.82) is 0 Å². The van der Waals surface area contributed by atoms with E-state index < -0.39 is 11.9 Å². The van der Waals surface area contributed by atoms with Crippen molar-refractivity contribution >= 4 is 5.97 Å². The molecule has 0 heterocycles. The van der Waals surface area contributed by atoms with Crippen LogP contribution in [0, 0.1) is 0 Å². The first-order valence-electron chi connectivity index (χ1n) is 4.14. The average molecular weight is 284 g/mol. The Morgan fingerprint density at radius 1 is 1.43 bits per heavy atom. The molecule has 0 spiro atoms. The molecule has 0 saturated carbocycles. The molecule has 3 heteroatoms. The molecule has 0 bridgehead atoms. The normalized spacial score (nSPS) is 11.1. The van der Waals surface area contributed by atoms with Gasteiger partial charge in [0.2, 0.25) is 0 Å². The van der Waals surface area contributed by atoms with E-state index in [9.17, 15) is 4.79 Å². The summed E-state index contributed by atoms with van der Waals surface area (Å²) in [5.74, 6) is -1.26. The topological polar surface area (TPSA) is 37.3 Å². The molecular formula is C11H12AgO2. The van der Waals surface area contributed by atoms with Crippen molar-refractivity contribution in [3.8, 4) is 0 Å². The van der Waals surface area contributed by atoms with E-state index in [2.05, 4.69) is 6.58 Å². The molecule has 14 heavy (non-hydrogen) atoms. The minimum absolute atomic E-state index is 0. The number of carboxylic acids is 1. The SMILES string of the molecule is C=CCC(C(=O)O)c1ccccc1.[Ag]. The number of hydrogen-bond acceptors (Lipinski definition) is 1. The van der Waals surface area contributed by atoms with Gasteiger partial charge in [0.05, 0.1) is 5.92 Å². The van der Waals surface area contributed by atoms with E-state index in [-0.39, 0.29) is 22.4 Å². The smallest absolute Gasteiger partial charge is 0.311 e. The quantitative estimate of drug-likeness (QED) is 0.681. The number of hydrogen-bond donors (Lipinski definition) is 1. The zero-order chi connectivity index (χ0) is 9.68. The zero-order valence-corrected chi connectivity index (χ0v) is 9.09. The number of benzene rings is 1. The van der Waals surface area contributed by atoms with Crippen LogP contribution in [0.25, 0.3) is 0 Å². The molecule has 0 aliphatic carbocycles. The van der Waals surface area contributed by atoms with E-state index in [0.717, 1.165) is 5.56 Å². The van der Waals surface area contributed by atoms with Crippen LogP contribution in [0.3, 0.4) is 0 Å². The number of allylic oxidation sites excluding steroid dienone is 1. The second-order valence-electron chi connectivity index (χ2n) is 2.83. The summed E-state index contributed by atoms with van der Waals surface area (Å²) >= 11 is 0. The third-order valence-corrected chi connectivity index (χ3v) is 1.90. The molecule has 79 valence electrons. The third-order valence-electron chi connectivity index (χ3n) is 1.90. The first kappa shape index (κ1) is 13.2. The molecule has 0 aliphatic rings. The van der Waals surface area contributed by atoms with E-state index in [1.54, 1.807) is 6.08 Å². The minimum Gasteiger partial charge on any atom is -0.481 e. The first-order valence-corrected chi connectivity index (χ1v) is 4.14. The molecular weight excluding hydrogens is 272 g/mol. The molecule has 0 amide bonds. The Bertz CT molecular complexity index is 295. The Morgan fingerprint density at radius 2 is 2.00 bits per heavy atom. The van der Waals surface area contributed by atoms with Crippen LogP contribution in [-0.2, 0) is 27.2 Å². The maximum Gasteiger partial charge on any atom is 0.311 e. The second-order valence-corrected chi connectivity index (χ2v) is 2.83. The summed E-state index contributed by atoms with van der Waals surface area (Å²) in [4.78, 5) is 10.8. The van der Waals surface area contributed by atoms with Crippen LogP contribution in [0.15, 0.2) is 43.0 Å². The van der Waals surface area contributed by atoms with Crippen molar-refractivity contribution in [3.63, 3.8) is 0 Å². The van der Waals surface area contributed by atoms with Crippen molar-refractivity contribution in [1.82, 2.24) is 0 Å². The van der Waals surface area contributed by atoms with E-state index in [4.69, 9.17) is 5.11 Å². The molecule has 1 radical (unpaired) electrons. The second kappa shape index (κ2) is 6.60. The monoisotopic (exact) mass is 283 g/mol. The molecule has 0 aromatic heterocycles. The summed E-state index contributed by atoms with van der Waals surface area (Å²) < 4.78 is 0. The van der Waals surface area contributed by atoms with Gasteiger partial charge in [-0.05, 0) is 12.0 Å². The molecule has 1 aromatic carbocycles. The maximum absolute atomic E-state index is 10.8. The molecule has 1 atom stereocenters. The largest absolute Gasteiger partial charge is 0.481 e. The van der Waals surface area contributed by atoms with E-state index in [0.29, 0.717) is 6.42 Å². The van der Waals surface area contributed by atoms with Gasteiger partial charge in [-0.1, -0.05) is 36.4 Å². The first-order chi connectivity index (χ1) is 6.25. The Kier molecular flexibility index (Phi) is 6.21. The fraction of sp³-hybridized carbons (Fsp3) is 0.182. The molecule has 0 fully saturated rings. The molecule has 0 aliphatic heterocycles. The van der Waals surface area contributed by atoms with Gasteiger partial charge in [-0.3, -0.25) is 4.79 Å². The van der Waals surface area contributed by atoms with Gasteiger partial charge < -0.3 is 5.11 Å². The summed E-state index contributed by atoms with van der Waals surface area (Å²) in [5.41, 5.74) is 0.829. The standard InChI is InChI=1S/C11H12O2.Ag/c1-2-6-10(11(12)13)9-7-4-3-5-8-9;/h2-5,7-8,10H,1,6H2,(H,12,13);. The summed E-state index contributed by atoms with van der Waals surface area (Å²) in [7, 11) is 0.